The number of benzene rings is 1. The van der Waals surface area contributed by atoms with Gasteiger partial charge in [-0.05, 0) is 38.5 Å². The Morgan fingerprint density at radius 3 is 2.00 bits per heavy atom. The van der Waals surface area contributed by atoms with Gasteiger partial charge in [0.15, 0.2) is 0 Å². The highest BCUT2D eigenvalue weighted by atomic mass is 32.2. The van der Waals surface area contributed by atoms with Crippen molar-refractivity contribution >= 4 is 15.9 Å². The first kappa shape index (κ1) is 18.6. The summed E-state index contributed by atoms with van der Waals surface area (Å²) >= 11 is 0. The van der Waals surface area contributed by atoms with Crippen molar-refractivity contribution in [1.82, 2.24) is 9.21 Å². The van der Waals surface area contributed by atoms with Crippen molar-refractivity contribution in [2.75, 3.05) is 26.2 Å². The predicted molar refractivity (Wildman–Crippen MR) is 88.5 cm³/mol. The average Bonchev–Trinajstić information content (AvgIpc) is 2.49. The van der Waals surface area contributed by atoms with E-state index >= 15 is 0 Å². The molecule has 0 heterocycles. The number of hydrogen-bond donors (Lipinski definition) is 0. The van der Waals surface area contributed by atoms with Crippen molar-refractivity contribution in [2.45, 2.75) is 39.5 Å². The molecule has 0 aromatic heterocycles. The third-order valence-electron chi connectivity index (χ3n) is 3.83. The number of carbonyl (C=O) groups excluding carboxylic acids is 1. The third-order valence-corrected chi connectivity index (χ3v) is 5.88. The summed E-state index contributed by atoms with van der Waals surface area (Å²) in [6, 6.07) is 4.78. The molecule has 124 valence electrons. The lowest BCUT2D eigenvalue weighted by Gasteiger charge is -2.22. The maximum Gasteiger partial charge on any atom is 0.254 e. The molecule has 0 saturated heterocycles. The zero-order valence-corrected chi connectivity index (χ0v) is 14.9. The summed E-state index contributed by atoms with van der Waals surface area (Å²) in [5.41, 5.74) is 1.24. The minimum absolute atomic E-state index is 0.126. The number of hydrogen-bond acceptors (Lipinski definition) is 3. The van der Waals surface area contributed by atoms with Gasteiger partial charge >= 0.3 is 0 Å². The van der Waals surface area contributed by atoms with Gasteiger partial charge in [0.2, 0.25) is 10.0 Å². The minimum atomic E-state index is -3.55. The molecule has 0 saturated carbocycles. The van der Waals surface area contributed by atoms with E-state index in [4.69, 9.17) is 0 Å². The minimum Gasteiger partial charge on any atom is -0.339 e. The Morgan fingerprint density at radius 1 is 1.00 bits per heavy atom. The number of sulfonamides is 1. The van der Waals surface area contributed by atoms with E-state index in [2.05, 4.69) is 0 Å². The van der Waals surface area contributed by atoms with Gasteiger partial charge in [-0.25, -0.2) is 8.42 Å². The number of amides is 1. The van der Waals surface area contributed by atoms with Gasteiger partial charge in [-0.3, -0.25) is 4.79 Å². The summed E-state index contributed by atoms with van der Waals surface area (Å²) in [7, 11) is -3.55. The molecule has 1 amide bonds. The fourth-order valence-electron chi connectivity index (χ4n) is 2.39. The summed E-state index contributed by atoms with van der Waals surface area (Å²) in [5, 5.41) is 0. The molecule has 0 radical (unpaired) electrons. The second kappa shape index (κ2) is 7.74. The van der Waals surface area contributed by atoms with Crippen molar-refractivity contribution in [2.24, 2.45) is 0 Å². The Kier molecular flexibility index (Phi) is 6.56. The van der Waals surface area contributed by atoms with E-state index in [-0.39, 0.29) is 10.8 Å². The zero-order chi connectivity index (χ0) is 16.9. The largest absolute Gasteiger partial charge is 0.339 e. The lowest BCUT2D eigenvalue weighted by Crippen LogP contribution is -2.32. The van der Waals surface area contributed by atoms with Gasteiger partial charge in [0.1, 0.15) is 0 Å². The smallest absolute Gasteiger partial charge is 0.254 e. The third kappa shape index (κ3) is 3.67. The Hall–Kier alpha value is -1.40. The van der Waals surface area contributed by atoms with Crippen LogP contribution in [0.15, 0.2) is 23.1 Å². The average molecular weight is 326 g/mol. The zero-order valence-electron chi connectivity index (χ0n) is 14.1. The van der Waals surface area contributed by atoms with Gasteiger partial charge in [-0.1, -0.05) is 19.9 Å². The lowest BCUT2D eigenvalue weighted by molar-refractivity contribution is 0.0772. The first-order valence-electron chi connectivity index (χ1n) is 7.73. The molecule has 0 aliphatic carbocycles. The van der Waals surface area contributed by atoms with E-state index in [1.807, 2.05) is 20.8 Å². The molecule has 1 aromatic carbocycles. The van der Waals surface area contributed by atoms with Crippen LogP contribution in [0.25, 0.3) is 0 Å². The Bertz CT molecular complexity index is 618. The maximum atomic E-state index is 12.6. The summed E-state index contributed by atoms with van der Waals surface area (Å²) in [6.07, 6.45) is 0. The molecule has 0 N–H and O–H groups in total. The van der Waals surface area contributed by atoms with Gasteiger partial charge in [-0.2, -0.15) is 4.31 Å². The van der Waals surface area contributed by atoms with Gasteiger partial charge < -0.3 is 4.90 Å². The molecule has 0 atom stereocenters. The molecule has 1 aromatic rings. The van der Waals surface area contributed by atoms with Crippen LogP contribution < -0.4 is 0 Å². The Labute approximate surface area is 134 Å². The van der Waals surface area contributed by atoms with Crippen molar-refractivity contribution in [3.63, 3.8) is 0 Å². The van der Waals surface area contributed by atoms with Gasteiger partial charge in [-0.15, -0.1) is 0 Å². The predicted octanol–water partition coefficient (Wildman–Crippen LogP) is 2.51. The second-order valence-electron chi connectivity index (χ2n) is 5.04. The highest BCUT2D eigenvalue weighted by Gasteiger charge is 2.24. The molecule has 0 aliphatic heterocycles. The number of aryl methyl sites for hydroxylation is 1. The molecule has 0 fully saturated rings. The van der Waals surface area contributed by atoms with Crippen LogP contribution in [0.3, 0.4) is 0 Å². The second-order valence-corrected chi connectivity index (χ2v) is 6.98. The van der Waals surface area contributed by atoms with Gasteiger partial charge in [0, 0.05) is 31.7 Å². The highest BCUT2D eigenvalue weighted by molar-refractivity contribution is 7.89. The van der Waals surface area contributed by atoms with Crippen molar-refractivity contribution in [3.05, 3.63) is 29.3 Å². The number of rotatable bonds is 7. The van der Waals surface area contributed by atoms with E-state index < -0.39 is 10.0 Å². The lowest BCUT2D eigenvalue weighted by atomic mass is 10.1. The van der Waals surface area contributed by atoms with Crippen LogP contribution in [0.2, 0.25) is 0 Å². The van der Waals surface area contributed by atoms with Crippen molar-refractivity contribution in [1.29, 1.82) is 0 Å². The molecular formula is C16H26N2O3S. The first-order valence-corrected chi connectivity index (χ1v) is 9.17. The monoisotopic (exact) mass is 326 g/mol. The van der Waals surface area contributed by atoms with Crippen LogP contribution in [-0.2, 0) is 10.0 Å². The quantitative estimate of drug-likeness (QED) is 0.773. The molecule has 5 nitrogen and oxygen atoms in total. The number of nitrogens with zero attached hydrogens (tertiary/aromatic N) is 2. The Morgan fingerprint density at radius 2 is 1.55 bits per heavy atom. The summed E-state index contributed by atoms with van der Waals surface area (Å²) in [6.45, 7) is 11.3. The van der Waals surface area contributed by atoms with Crippen LogP contribution in [-0.4, -0.2) is 49.7 Å². The van der Waals surface area contributed by atoms with Crippen molar-refractivity contribution in [3.8, 4) is 0 Å². The van der Waals surface area contributed by atoms with Crippen LogP contribution in [0, 0.1) is 6.92 Å². The first-order chi connectivity index (χ1) is 10.3. The van der Waals surface area contributed by atoms with Crippen LogP contribution in [0.1, 0.15) is 43.6 Å². The van der Waals surface area contributed by atoms with E-state index in [0.29, 0.717) is 31.7 Å². The topological polar surface area (TPSA) is 57.7 Å². The Balaban J connectivity index is 3.34. The van der Waals surface area contributed by atoms with E-state index in [1.54, 1.807) is 30.9 Å². The molecule has 6 heteroatoms. The molecule has 0 unspecified atom stereocenters. The molecule has 1 rings (SSSR count). The van der Waals surface area contributed by atoms with Gasteiger partial charge in [0.05, 0.1) is 4.90 Å². The summed E-state index contributed by atoms with van der Waals surface area (Å²) in [4.78, 5) is 14.4. The van der Waals surface area contributed by atoms with Gasteiger partial charge in [0.25, 0.3) is 5.91 Å². The van der Waals surface area contributed by atoms with E-state index in [1.165, 1.54) is 10.4 Å². The van der Waals surface area contributed by atoms with Crippen LogP contribution >= 0.6 is 0 Å². The highest BCUT2D eigenvalue weighted by Crippen LogP contribution is 2.20. The van der Waals surface area contributed by atoms with Crippen molar-refractivity contribution < 1.29 is 13.2 Å². The maximum absolute atomic E-state index is 12.6. The fourth-order valence-corrected chi connectivity index (χ4v) is 3.87. The van der Waals surface area contributed by atoms with Crippen LogP contribution in [0.4, 0.5) is 0 Å². The molecular weight excluding hydrogens is 300 g/mol. The summed E-state index contributed by atoms with van der Waals surface area (Å²) in [5.74, 6) is -0.126. The molecule has 0 aliphatic rings. The normalized spacial score (nSPS) is 11.7. The van der Waals surface area contributed by atoms with E-state index in [9.17, 15) is 13.2 Å². The fraction of sp³-hybridized carbons (Fsp3) is 0.562. The van der Waals surface area contributed by atoms with Crippen LogP contribution in [0.5, 0.6) is 0 Å². The standard InChI is InChI=1S/C16H26N2O3S/c1-6-17(7-2)16(19)15-12-14(11-10-13(15)5)22(20,21)18(8-3)9-4/h10-12H,6-9H2,1-5H3. The SMILES string of the molecule is CCN(CC)C(=O)c1cc(S(=O)(=O)N(CC)CC)ccc1C. The molecule has 0 spiro atoms. The van der Waals surface area contributed by atoms with E-state index in [0.717, 1.165) is 5.56 Å². The number of carbonyl (C=O) groups is 1. The summed E-state index contributed by atoms with van der Waals surface area (Å²) < 4.78 is 26.6. The molecule has 0 bridgehead atoms. The molecule has 22 heavy (non-hydrogen) atoms.